The van der Waals surface area contributed by atoms with E-state index in [-0.39, 0.29) is 11.3 Å². The van der Waals surface area contributed by atoms with E-state index < -0.39 is 12.3 Å². The highest BCUT2D eigenvalue weighted by molar-refractivity contribution is 7.08. The number of ether oxygens (including phenoxy) is 1. The third kappa shape index (κ3) is 3.25. The van der Waals surface area contributed by atoms with Crippen molar-refractivity contribution in [1.29, 1.82) is 0 Å². The van der Waals surface area contributed by atoms with Gasteiger partial charge in [0.2, 0.25) is 0 Å². The molecule has 0 aliphatic carbocycles. The molecule has 19 heavy (non-hydrogen) atoms. The van der Waals surface area contributed by atoms with E-state index in [4.69, 9.17) is 5.11 Å². The van der Waals surface area contributed by atoms with Gasteiger partial charge >= 0.3 is 12.3 Å². The van der Waals surface area contributed by atoms with E-state index in [1.54, 1.807) is 5.38 Å². The topological polar surface area (TPSA) is 46.5 Å². The molecule has 0 bridgehead atoms. The molecule has 1 aromatic heterocycles. The summed E-state index contributed by atoms with van der Waals surface area (Å²) in [5.74, 6) is -1.42. The average Bonchev–Trinajstić information content (AvgIpc) is 2.76. The molecule has 2 aromatic rings. The fourth-order valence-corrected chi connectivity index (χ4v) is 2.35. The van der Waals surface area contributed by atoms with Crippen LogP contribution in [0.1, 0.15) is 10.4 Å². The molecule has 3 nitrogen and oxygen atoms in total. The Balaban J connectivity index is 2.28. The quantitative estimate of drug-likeness (QED) is 0.928. The van der Waals surface area contributed by atoms with Gasteiger partial charge in [0.1, 0.15) is 5.75 Å². The van der Waals surface area contributed by atoms with Gasteiger partial charge in [-0.15, -0.1) is 13.2 Å². The van der Waals surface area contributed by atoms with Crippen LogP contribution in [0.5, 0.6) is 5.75 Å². The van der Waals surface area contributed by atoms with Crippen molar-refractivity contribution >= 4 is 17.3 Å². The molecule has 0 radical (unpaired) electrons. The molecule has 0 atom stereocenters. The van der Waals surface area contributed by atoms with Gasteiger partial charge in [-0.2, -0.15) is 11.3 Å². The molecule has 1 aromatic carbocycles. The van der Waals surface area contributed by atoms with Crippen molar-refractivity contribution in [2.75, 3.05) is 0 Å². The molecule has 1 heterocycles. The highest BCUT2D eigenvalue weighted by atomic mass is 32.1. The molecule has 0 saturated heterocycles. The summed E-state index contributed by atoms with van der Waals surface area (Å²) in [7, 11) is 0. The number of rotatable bonds is 3. The largest absolute Gasteiger partial charge is 0.573 e. The second-order valence-electron chi connectivity index (χ2n) is 3.58. The maximum absolute atomic E-state index is 12.0. The number of carboxylic acid groups (broad SMARTS) is 1. The Morgan fingerprint density at radius 3 is 2.32 bits per heavy atom. The fourth-order valence-electron chi connectivity index (χ4n) is 1.52. The molecule has 100 valence electrons. The number of halogens is 3. The summed E-state index contributed by atoms with van der Waals surface area (Å²) >= 11 is 1.21. The van der Waals surface area contributed by atoms with Crippen LogP contribution in [0, 0.1) is 0 Å². The van der Waals surface area contributed by atoms with Crippen molar-refractivity contribution in [2.24, 2.45) is 0 Å². The molecule has 0 aliphatic heterocycles. The van der Waals surface area contributed by atoms with Crippen LogP contribution in [-0.2, 0) is 0 Å². The van der Waals surface area contributed by atoms with Crippen molar-refractivity contribution in [2.45, 2.75) is 6.36 Å². The van der Waals surface area contributed by atoms with Gasteiger partial charge in [0, 0.05) is 10.9 Å². The van der Waals surface area contributed by atoms with Crippen molar-refractivity contribution in [3.63, 3.8) is 0 Å². The van der Waals surface area contributed by atoms with Gasteiger partial charge in [-0.05, 0) is 23.1 Å². The Morgan fingerprint density at radius 1 is 1.16 bits per heavy atom. The monoisotopic (exact) mass is 288 g/mol. The Morgan fingerprint density at radius 2 is 1.79 bits per heavy atom. The van der Waals surface area contributed by atoms with Crippen LogP contribution in [0.15, 0.2) is 35.0 Å². The second kappa shape index (κ2) is 4.93. The Hall–Kier alpha value is -2.02. The van der Waals surface area contributed by atoms with E-state index in [0.717, 1.165) is 12.1 Å². The van der Waals surface area contributed by atoms with Gasteiger partial charge in [-0.3, -0.25) is 0 Å². The summed E-state index contributed by atoms with van der Waals surface area (Å²) in [5.41, 5.74) is 1.11. The van der Waals surface area contributed by atoms with E-state index in [1.165, 1.54) is 28.8 Å². The molecule has 2 rings (SSSR count). The number of hydrogen-bond donors (Lipinski definition) is 1. The van der Waals surface area contributed by atoms with Crippen molar-refractivity contribution in [3.8, 4) is 16.9 Å². The van der Waals surface area contributed by atoms with Gasteiger partial charge in [0.25, 0.3) is 0 Å². The lowest BCUT2D eigenvalue weighted by molar-refractivity contribution is -0.274. The number of hydrogen-bond acceptors (Lipinski definition) is 3. The zero-order chi connectivity index (χ0) is 14.0. The van der Waals surface area contributed by atoms with Gasteiger partial charge in [-0.1, -0.05) is 12.1 Å². The van der Waals surface area contributed by atoms with Crippen LogP contribution in [-0.4, -0.2) is 17.4 Å². The average molecular weight is 288 g/mol. The van der Waals surface area contributed by atoms with E-state index in [9.17, 15) is 18.0 Å². The first-order valence-corrected chi connectivity index (χ1v) is 5.97. The zero-order valence-corrected chi connectivity index (χ0v) is 10.1. The lowest BCUT2D eigenvalue weighted by atomic mass is 10.0. The molecule has 0 fully saturated rings. The van der Waals surface area contributed by atoms with Crippen LogP contribution < -0.4 is 4.74 Å². The standard InChI is InChI=1S/C12H7F3O3S/c13-12(14,15)18-8-3-1-7(2-4-8)9-5-19-6-10(9)11(16)17/h1-6H,(H,16,17). The summed E-state index contributed by atoms with van der Waals surface area (Å²) < 4.78 is 39.7. The molecular weight excluding hydrogens is 281 g/mol. The fraction of sp³-hybridized carbons (Fsp3) is 0.0833. The minimum absolute atomic E-state index is 0.120. The van der Waals surface area contributed by atoms with Gasteiger partial charge in [0.15, 0.2) is 0 Å². The summed E-state index contributed by atoms with van der Waals surface area (Å²) in [4.78, 5) is 10.9. The first-order valence-electron chi connectivity index (χ1n) is 5.02. The van der Waals surface area contributed by atoms with Gasteiger partial charge < -0.3 is 9.84 Å². The summed E-state index contributed by atoms with van der Waals surface area (Å²) in [6.45, 7) is 0. The SMILES string of the molecule is O=C(O)c1cscc1-c1ccc(OC(F)(F)F)cc1. The Kier molecular flexibility index (Phi) is 3.48. The second-order valence-corrected chi connectivity index (χ2v) is 4.32. The van der Waals surface area contributed by atoms with E-state index >= 15 is 0 Å². The maximum atomic E-state index is 12.0. The Bertz CT molecular complexity index is 587. The van der Waals surface area contributed by atoms with Crippen molar-refractivity contribution in [1.82, 2.24) is 0 Å². The highest BCUT2D eigenvalue weighted by Gasteiger charge is 2.31. The highest BCUT2D eigenvalue weighted by Crippen LogP contribution is 2.30. The maximum Gasteiger partial charge on any atom is 0.573 e. The third-order valence-corrected chi connectivity index (χ3v) is 3.03. The molecular formula is C12H7F3O3S. The van der Waals surface area contributed by atoms with Crippen LogP contribution in [0.2, 0.25) is 0 Å². The molecule has 0 aliphatic rings. The lowest BCUT2D eigenvalue weighted by Crippen LogP contribution is -2.16. The number of thiophene rings is 1. The van der Waals surface area contributed by atoms with Crippen LogP contribution >= 0.6 is 11.3 Å². The van der Waals surface area contributed by atoms with Gasteiger partial charge in [0.05, 0.1) is 5.56 Å². The number of carbonyl (C=O) groups is 1. The van der Waals surface area contributed by atoms with Gasteiger partial charge in [-0.25, -0.2) is 4.79 Å². The molecule has 7 heteroatoms. The van der Waals surface area contributed by atoms with Crippen molar-refractivity contribution in [3.05, 3.63) is 40.6 Å². The minimum Gasteiger partial charge on any atom is -0.478 e. The van der Waals surface area contributed by atoms with Crippen LogP contribution in [0.3, 0.4) is 0 Å². The predicted octanol–water partition coefficient (Wildman–Crippen LogP) is 4.01. The smallest absolute Gasteiger partial charge is 0.478 e. The van der Waals surface area contributed by atoms with E-state index in [1.807, 2.05) is 0 Å². The predicted molar refractivity (Wildman–Crippen MR) is 63.4 cm³/mol. The zero-order valence-electron chi connectivity index (χ0n) is 9.27. The molecule has 0 unspecified atom stereocenters. The minimum atomic E-state index is -4.74. The van der Waals surface area contributed by atoms with Crippen LogP contribution in [0.4, 0.5) is 13.2 Å². The number of carboxylic acids is 1. The normalized spacial score (nSPS) is 11.3. The number of alkyl halides is 3. The molecule has 0 saturated carbocycles. The molecule has 0 spiro atoms. The summed E-state index contributed by atoms with van der Waals surface area (Å²) in [6.07, 6.45) is -4.74. The van der Waals surface area contributed by atoms with Crippen LogP contribution in [0.25, 0.3) is 11.1 Å². The first kappa shape index (κ1) is 13.4. The van der Waals surface area contributed by atoms with E-state index in [0.29, 0.717) is 11.1 Å². The van der Waals surface area contributed by atoms with E-state index in [2.05, 4.69) is 4.74 Å². The number of aromatic carboxylic acids is 1. The Labute approximate surface area is 109 Å². The molecule has 0 amide bonds. The first-order chi connectivity index (χ1) is 8.87. The van der Waals surface area contributed by atoms with Crippen molar-refractivity contribution < 1.29 is 27.8 Å². The summed E-state index contributed by atoms with van der Waals surface area (Å²) in [6, 6.07) is 5.06. The lowest BCUT2D eigenvalue weighted by Gasteiger charge is -2.09. The molecule has 1 N–H and O–H groups in total. The third-order valence-electron chi connectivity index (χ3n) is 2.29. The number of benzene rings is 1. The summed E-state index contributed by atoms with van der Waals surface area (Å²) in [5, 5.41) is 12.1.